The van der Waals surface area contributed by atoms with Crippen LogP contribution in [0.3, 0.4) is 0 Å². The van der Waals surface area contributed by atoms with Crippen molar-refractivity contribution in [2.45, 2.75) is 19.8 Å². The molecule has 0 radical (unpaired) electrons. The van der Waals surface area contributed by atoms with Crippen LogP contribution in [-0.4, -0.2) is 16.7 Å². The standard InChI is InChI=1S/C8H10N2O2S/c1-4(2)8-10-5(3-13-8)6(11)7(9)12/h3-4H,1-2H3,(H2,9,12). The molecule has 0 fully saturated rings. The number of ketones is 1. The summed E-state index contributed by atoms with van der Waals surface area (Å²) >= 11 is 1.36. The minimum Gasteiger partial charge on any atom is -0.363 e. The van der Waals surface area contributed by atoms with E-state index in [1.807, 2.05) is 13.8 Å². The van der Waals surface area contributed by atoms with Crippen molar-refractivity contribution < 1.29 is 9.59 Å². The second kappa shape index (κ2) is 3.66. The van der Waals surface area contributed by atoms with Crippen molar-refractivity contribution in [2.24, 2.45) is 5.73 Å². The van der Waals surface area contributed by atoms with E-state index in [2.05, 4.69) is 4.98 Å². The molecule has 1 rings (SSSR count). The summed E-state index contributed by atoms with van der Waals surface area (Å²) in [5.41, 5.74) is 4.98. The average Bonchev–Trinajstić information content (AvgIpc) is 2.50. The Hall–Kier alpha value is -1.23. The molecule has 1 amide bonds. The van der Waals surface area contributed by atoms with Gasteiger partial charge in [0.05, 0.1) is 5.01 Å². The number of nitrogens with zero attached hydrogens (tertiary/aromatic N) is 1. The SMILES string of the molecule is CC(C)c1nc(C(=O)C(N)=O)cs1. The number of amides is 1. The molecule has 0 bridgehead atoms. The molecule has 2 N–H and O–H groups in total. The van der Waals surface area contributed by atoms with Gasteiger partial charge in [-0.25, -0.2) is 4.98 Å². The third kappa shape index (κ3) is 2.12. The molecule has 0 saturated carbocycles. The van der Waals surface area contributed by atoms with E-state index in [0.717, 1.165) is 5.01 Å². The topological polar surface area (TPSA) is 73.1 Å². The van der Waals surface area contributed by atoms with Crippen molar-refractivity contribution in [1.29, 1.82) is 0 Å². The Morgan fingerprint density at radius 3 is 2.54 bits per heavy atom. The molecule has 1 heterocycles. The van der Waals surface area contributed by atoms with Crippen LogP contribution in [0.15, 0.2) is 5.38 Å². The molecular weight excluding hydrogens is 188 g/mol. The smallest absolute Gasteiger partial charge is 0.291 e. The molecule has 1 aromatic heterocycles. The lowest BCUT2D eigenvalue weighted by Gasteiger charge is -1.95. The predicted octanol–water partition coefficient (Wildman–Crippen LogP) is 0.935. The summed E-state index contributed by atoms with van der Waals surface area (Å²) in [5.74, 6) is -1.41. The number of primary amides is 1. The van der Waals surface area contributed by atoms with Crippen LogP contribution in [0.5, 0.6) is 0 Å². The fraction of sp³-hybridized carbons (Fsp3) is 0.375. The molecule has 0 saturated heterocycles. The Labute approximate surface area is 79.8 Å². The normalized spacial score (nSPS) is 10.4. The first-order valence-electron chi connectivity index (χ1n) is 3.82. The first kappa shape index (κ1) is 9.85. The van der Waals surface area contributed by atoms with E-state index in [0.29, 0.717) is 0 Å². The molecule has 70 valence electrons. The van der Waals surface area contributed by atoms with E-state index in [1.54, 1.807) is 5.38 Å². The summed E-state index contributed by atoms with van der Waals surface area (Å²) < 4.78 is 0. The fourth-order valence-corrected chi connectivity index (χ4v) is 1.60. The number of carbonyl (C=O) groups is 2. The summed E-state index contributed by atoms with van der Waals surface area (Å²) in [4.78, 5) is 25.6. The van der Waals surface area contributed by atoms with Crippen molar-refractivity contribution in [3.63, 3.8) is 0 Å². The Morgan fingerprint density at radius 1 is 1.54 bits per heavy atom. The van der Waals surface area contributed by atoms with Gasteiger partial charge in [-0.05, 0) is 0 Å². The zero-order chi connectivity index (χ0) is 10.0. The van der Waals surface area contributed by atoms with Crippen molar-refractivity contribution in [3.05, 3.63) is 16.1 Å². The van der Waals surface area contributed by atoms with Gasteiger partial charge in [-0.15, -0.1) is 11.3 Å². The largest absolute Gasteiger partial charge is 0.363 e. The van der Waals surface area contributed by atoms with Crippen LogP contribution in [0.4, 0.5) is 0 Å². The molecule has 13 heavy (non-hydrogen) atoms. The van der Waals surface area contributed by atoms with Crippen molar-refractivity contribution in [3.8, 4) is 0 Å². The van der Waals surface area contributed by atoms with E-state index in [1.165, 1.54) is 11.3 Å². The maximum atomic E-state index is 11.1. The zero-order valence-corrected chi connectivity index (χ0v) is 8.22. The maximum absolute atomic E-state index is 11.1. The molecule has 0 aliphatic carbocycles. The predicted molar refractivity (Wildman–Crippen MR) is 49.7 cm³/mol. The zero-order valence-electron chi connectivity index (χ0n) is 7.40. The molecule has 0 aromatic carbocycles. The van der Waals surface area contributed by atoms with Crippen LogP contribution >= 0.6 is 11.3 Å². The number of thiazole rings is 1. The van der Waals surface area contributed by atoms with Gasteiger partial charge in [-0.2, -0.15) is 0 Å². The lowest BCUT2D eigenvalue weighted by Crippen LogP contribution is -2.23. The van der Waals surface area contributed by atoms with Crippen molar-refractivity contribution >= 4 is 23.0 Å². The summed E-state index contributed by atoms with van der Waals surface area (Å²) in [7, 11) is 0. The van der Waals surface area contributed by atoms with Gasteiger partial charge in [0.15, 0.2) is 0 Å². The Balaban J connectivity index is 2.92. The molecule has 0 aliphatic rings. The summed E-state index contributed by atoms with van der Waals surface area (Å²) in [6, 6.07) is 0. The molecule has 0 aliphatic heterocycles. The molecule has 0 spiro atoms. The highest BCUT2D eigenvalue weighted by Gasteiger charge is 2.16. The second-order valence-electron chi connectivity index (χ2n) is 2.92. The van der Waals surface area contributed by atoms with Gasteiger partial charge in [-0.1, -0.05) is 13.8 Å². The maximum Gasteiger partial charge on any atom is 0.291 e. The van der Waals surface area contributed by atoms with Crippen LogP contribution < -0.4 is 5.73 Å². The number of rotatable bonds is 3. The summed E-state index contributed by atoms with van der Waals surface area (Å²) in [6.07, 6.45) is 0. The average molecular weight is 198 g/mol. The highest BCUT2D eigenvalue weighted by Crippen LogP contribution is 2.19. The Morgan fingerprint density at radius 2 is 2.15 bits per heavy atom. The number of Topliss-reactive ketones (excluding diaryl/α,β-unsaturated/α-hetero) is 1. The monoisotopic (exact) mass is 198 g/mol. The molecule has 1 aromatic rings. The van der Waals surface area contributed by atoms with Gasteiger partial charge in [0.25, 0.3) is 11.7 Å². The van der Waals surface area contributed by atoms with Crippen LogP contribution in [-0.2, 0) is 4.79 Å². The first-order valence-corrected chi connectivity index (χ1v) is 4.70. The van der Waals surface area contributed by atoms with Gasteiger partial charge in [-0.3, -0.25) is 9.59 Å². The Bertz CT molecular complexity index is 344. The van der Waals surface area contributed by atoms with E-state index in [-0.39, 0.29) is 11.6 Å². The van der Waals surface area contributed by atoms with Gasteiger partial charge >= 0.3 is 0 Å². The summed E-state index contributed by atoms with van der Waals surface area (Å²) in [6.45, 7) is 3.94. The van der Waals surface area contributed by atoms with Crippen LogP contribution in [0, 0.1) is 0 Å². The van der Waals surface area contributed by atoms with E-state index < -0.39 is 11.7 Å². The molecule has 0 unspecified atom stereocenters. The first-order chi connectivity index (χ1) is 6.02. The van der Waals surface area contributed by atoms with Crippen molar-refractivity contribution in [2.75, 3.05) is 0 Å². The second-order valence-corrected chi connectivity index (χ2v) is 3.81. The summed E-state index contributed by atoms with van der Waals surface area (Å²) in [5, 5.41) is 2.40. The van der Waals surface area contributed by atoms with E-state index in [4.69, 9.17) is 5.73 Å². The van der Waals surface area contributed by atoms with E-state index in [9.17, 15) is 9.59 Å². The highest BCUT2D eigenvalue weighted by atomic mass is 32.1. The number of carbonyl (C=O) groups excluding carboxylic acids is 2. The number of aromatic nitrogens is 1. The van der Waals surface area contributed by atoms with Crippen LogP contribution in [0.2, 0.25) is 0 Å². The molecule has 5 heteroatoms. The fourth-order valence-electron chi connectivity index (χ4n) is 0.783. The molecular formula is C8H10N2O2S. The van der Waals surface area contributed by atoms with Crippen LogP contribution in [0.1, 0.15) is 35.3 Å². The number of hydrogen-bond donors (Lipinski definition) is 1. The van der Waals surface area contributed by atoms with Gasteiger partial charge in [0.2, 0.25) is 0 Å². The highest BCUT2D eigenvalue weighted by molar-refractivity contribution is 7.10. The van der Waals surface area contributed by atoms with Crippen molar-refractivity contribution in [1.82, 2.24) is 4.98 Å². The van der Waals surface area contributed by atoms with Gasteiger partial charge in [0, 0.05) is 11.3 Å². The van der Waals surface area contributed by atoms with Gasteiger partial charge in [0.1, 0.15) is 5.69 Å². The molecule has 0 atom stereocenters. The minimum absolute atomic E-state index is 0.154. The molecule has 4 nitrogen and oxygen atoms in total. The quantitative estimate of drug-likeness (QED) is 0.580. The lowest BCUT2D eigenvalue weighted by atomic mass is 10.2. The number of nitrogens with two attached hydrogens (primary N) is 1. The third-order valence-corrected chi connectivity index (χ3v) is 2.62. The minimum atomic E-state index is -0.958. The third-order valence-electron chi connectivity index (χ3n) is 1.47. The van der Waals surface area contributed by atoms with Gasteiger partial charge < -0.3 is 5.73 Å². The lowest BCUT2D eigenvalue weighted by molar-refractivity contribution is -0.114. The number of hydrogen-bond acceptors (Lipinski definition) is 4. The van der Waals surface area contributed by atoms with Crippen LogP contribution in [0.25, 0.3) is 0 Å². The Kier molecular flexibility index (Phi) is 2.77. The van der Waals surface area contributed by atoms with E-state index >= 15 is 0 Å².